The molecule has 2 heterocycles. The Balaban J connectivity index is 1.48. The average Bonchev–Trinajstić information content (AvgIpc) is 2.99. The van der Waals surface area contributed by atoms with Crippen molar-refractivity contribution in [3.8, 4) is 11.4 Å². The fourth-order valence-corrected chi connectivity index (χ4v) is 4.30. The lowest BCUT2D eigenvalue weighted by molar-refractivity contribution is -0.135. The van der Waals surface area contributed by atoms with E-state index in [9.17, 15) is 14.0 Å². The van der Waals surface area contributed by atoms with Gasteiger partial charge in [-0.05, 0) is 63.8 Å². The van der Waals surface area contributed by atoms with Gasteiger partial charge in [0, 0.05) is 48.9 Å². The molecular weight excluding hydrogens is 409 g/mol. The zero-order valence-corrected chi connectivity index (χ0v) is 18.7. The standard InChI is InChI=1S/C24H28FN5O2/c1-4-30-14-18(15(2)28-30)13-29(3)24(32)17-7-11-20-21(12-8-17)26-22(27-23(20)31)16-5-9-19(25)10-6-16/h5-6,9-10,14,17H,4,7-8,11-13H2,1-3H3,(H,26,27,31). The van der Waals surface area contributed by atoms with Crippen molar-refractivity contribution in [1.29, 1.82) is 0 Å². The molecule has 1 aliphatic carbocycles. The Bertz CT molecular complexity index is 1180. The molecule has 1 atom stereocenters. The lowest BCUT2D eigenvalue weighted by atomic mass is 9.98. The van der Waals surface area contributed by atoms with Crippen LogP contribution in [0.15, 0.2) is 35.3 Å². The van der Waals surface area contributed by atoms with Crippen molar-refractivity contribution in [2.45, 2.75) is 52.6 Å². The highest BCUT2D eigenvalue weighted by atomic mass is 19.1. The summed E-state index contributed by atoms with van der Waals surface area (Å²) in [5.41, 5.74) is 3.83. The fourth-order valence-electron chi connectivity index (χ4n) is 4.30. The van der Waals surface area contributed by atoms with Crippen LogP contribution in [0.25, 0.3) is 11.4 Å². The van der Waals surface area contributed by atoms with Crippen molar-refractivity contribution in [2.75, 3.05) is 7.05 Å². The average molecular weight is 438 g/mol. The van der Waals surface area contributed by atoms with Crippen LogP contribution in [0.4, 0.5) is 4.39 Å². The summed E-state index contributed by atoms with van der Waals surface area (Å²) in [5, 5.41) is 4.46. The number of carbonyl (C=O) groups excluding carboxylic acids is 1. The number of H-pyrrole nitrogens is 1. The molecule has 1 N–H and O–H groups in total. The summed E-state index contributed by atoms with van der Waals surface area (Å²) in [6.45, 7) is 5.30. The van der Waals surface area contributed by atoms with Crippen LogP contribution in [0.2, 0.25) is 0 Å². The smallest absolute Gasteiger partial charge is 0.254 e. The van der Waals surface area contributed by atoms with Crippen molar-refractivity contribution in [2.24, 2.45) is 5.92 Å². The van der Waals surface area contributed by atoms with E-state index in [4.69, 9.17) is 0 Å². The topological polar surface area (TPSA) is 83.9 Å². The monoisotopic (exact) mass is 437 g/mol. The summed E-state index contributed by atoms with van der Waals surface area (Å²) >= 11 is 0. The molecule has 8 heteroatoms. The molecular formula is C24H28FN5O2. The maximum absolute atomic E-state index is 13.2. The number of amides is 1. The SMILES string of the molecule is CCn1cc(CN(C)C(=O)C2CCc3nc(-c4ccc(F)cc4)[nH]c(=O)c3CC2)c(C)n1. The molecule has 0 saturated carbocycles. The van der Waals surface area contributed by atoms with Crippen LogP contribution in [0, 0.1) is 18.7 Å². The number of fused-ring (bicyclic) bond motifs is 1. The number of aromatic nitrogens is 4. The predicted molar refractivity (Wildman–Crippen MR) is 119 cm³/mol. The Morgan fingerprint density at radius 3 is 2.66 bits per heavy atom. The number of rotatable bonds is 5. The van der Waals surface area contributed by atoms with E-state index in [1.807, 2.05) is 31.8 Å². The number of hydrogen-bond donors (Lipinski definition) is 1. The molecule has 2 aromatic heterocycles. The Hall–Kier alpha value is -3.29. The Morgan fingerprint density at radius 1 is 1.25 bits per heavy atom. The number of nitrogens with one attached hydrogen (secondary N) is 1. The lowest BCUT2D eigenvalue weighted by Gasteiger charge is -2.22. The molecule has 32 heavy (non-hydrogen) atoms. The molecule has 1 aromatic carbocycles. The number of halogens is 1. The van der Waals surface area contributed by atoms with Crippen LogP contribution in [-0.4, -0.2) is 37.6 Å². The van der Waals surface area contributed by atoms with Crippen molar-refractivity contribution in [3.05, 3.63) is 69.1 Å². The van der Waals surface area contributed by atoms with E-state index >= 15 is 0 Å². The van der Waals surface area contributed by atoms with E-state index < -0.39 is 0 Å². The summed E-state index contributed by atoms with van der Waals surface area (Å²) < 4.78 is 15.1. The van der Waals surface area contributed by atoms with Gasteiger partial charge >= 0.3 is 0 Å². The second kappa shape index (κ2) is 9.06. The molecule has 3 aromatic rings. The fraction of sp³-hybridized carbons (Fsp3) is 0.417. The highest BCUT2D eigenvalue weighted by molar-refractivity contribution is 5.78. The number of hydrogen-bond acceptors (Lipinski definition) is 4. The van der Waals surface area contributed by atoms with Gasteiger partial charge in [0.25, 0.3) is 5.56 Å². The number of aromatic amines is 1. The third kappa shape index (κ3) is 4.49. The van der Waals surface area contributed by atoms with Gasteiger partial charge in [-0.15, -0.1) is 0 Å². The van der Waals surface area contributed by atoms with E-state index in [-0.39, 0.29) is 23.2 Å². The molecule has 0 saturated heterocycles. The van der Waals surface area contributed by atoms with Crippen LogP contribution in [-0.2, 0) is 30.7 Å². The zero-order chi connectivity index (χ0) is 22.8. The minimum atomic E-state index is -0.339. The van der Waals surface area contributed by atoms with Crippen molar-refractivity contribution < 1.29 is 9.18 Å². The normalized spacial score (nSPS) is 15.8. The number of aryl methyl sites for hydroxylation is 3. The summed E-state index contributed by atoms with van der Waals surface area (Å²) in [6, 6.07) is 5.89. The third-order valence-corrected chi connectivity index (χ3v) is 6.20. The quantitative estimate of drug-likeness (QED) is 0.621. The van der Waals surface area contributed by atoms with Crippen molar-refractivity contribution in [3.63, 3.8) is 0 Å². The first kappa shape index (κ1) is 21.9. The van der Waals surface area contributed by atoms with Crippen LogP contribution in [0.5, 0.6) is 0 Å². The van der Waals surface area contributed by atoms with Crippen molar-refractivity contribution in [1.82, 2.24) is 24.6 Å². The van der Waals surface area contributed by atoms with Crippen molar-refractivity contribution >= 4 is 5.91 Å². The predicted octanol–water partition coefficient (Wildman–Crippen LogP) is 3.25. The van der Waals surface area contributed by atoms with Gasteiger partial charge in [0.2, 0.25) is 5.91 Å². The molecule has 7 nitrogen and oxygen atoms in total. The van der Waals surface area contributed by atoms with Gasteiger partial charge in [0.15, 0.2) is 0 Å². The van der Waals surface area contributed by atoms with Crippen LogP contribution < -0.4 is 5.56 Å². The number of nitrogens with zero attached hydrogens (tertiary/aromatic N) is 4. The van der Waals surface area contributed by atoms with Crippen LogP contribution >= 0.6 is 0 Å². The molecule has 1 amide bonds. The first-order valence-electron chi connectivity index (χ1n) is 11.0. The molecule has 0 bridgehead atoms. The first-order valence-corrected chi connectivity index (χ1v) is 11.0. The number of benzene rings is 1. The lowest BCUT2D eigenvalue weighted by Crippen LogP contribution is -2.33. The number of carbonyl (C=O) groups is 1. The Labute approximate surface area is 186 Å². The van der Waals surface area contributed by atoms with Gasteiger partial charge in [0.05, 0.1) is 11.4 Å². The largest absolute Gasteiger partial charge is 0.341 e. The highest BCUT2D eigenvalue weighted by Crippen LogP contribution is 2.25. The van der Waals surface area contributed by atoms with Crippen LogP contribution in [0.3, 0.4) is 0 Å². The molecule has 0 aliphatic heterocycles. The molecule has 1 unspecified atom stereocenters. The Morgan fingerprint density at radius 2 is 1.97 bits per heavy atom. The van der Waals surface area contributed by atoms with Gasteiger partial charge in [0.1, 0.15) is 11.6 Å². The van der Waals surface area contributed by atoms with Gasteiger partial charge < -0.3 is 9.88 Å². The molecule has 1 aliphatic rings. The second-order valence-electron chi connectivity index (χ2n) is 8.41. The van der Waals surface area contributed by atoms with E-state index in [0.29, 0.717) is 49.2 Å². The van der Waals surface area contributed by atoms with Gasteiger partial charge in [-0.1, -0.05) is 0 Å². The maximum atomic E-state index is 13.2. The minimum Gasteiger partial charge on any atom is -0.341 e. The van der Waals surface area contributed by atoms with Gasteiger partial charge in [-0.25, -0.2) is 9.37 Å². The summed E-state index contributed by atoms with van der Waals surface area (Å²) in [7, 11) is 1.82. The van der Waals surface area contributed by atoms with Gasteiger partial charge in [-0.3, -0.25) is 14.3 Å². The van der Waals surface area contributed by atoms with Gasteiger partial charge in [-0.2, -0.15) is 5.10 Å². The van der Waals surface area contributed by atoms with E-state index in [1.54, 1.807) is 17.0 Å². The highest BCUT2D eigenvalue weighted by Gasteiger charge is 2.27. The molecule has 0 spiro atoms. The summed E-state index contributed by atoms with van der Waals surface area (Å²) in [4.78, 5) is 35.1. The zero-order valence-electron chi connectivity index (χ0n) is 18.7. The van der Waals surface area contributed by atoms with Crippen LogP contribution in [0.1, 0.15) is 42.3 Å². The summed E-state index contributed by atoms with van der Waals surface area (Å²) in [6.07, 6.45) is 4.32. The minimum absolute atomic E-state index is 0.0802. The van der Waals surface area contributed by atoms with E-state index in [2.05, 4.69) is 15.1 Å². The second-order valence-corrected chi connectivity index (χ2v) is 8.41. The molecule has 168 valence electrons. The molecule has 0 fully saturated rings. The third-order valence-electron chi connectivity index (χ3n) is 6.20. The maximum Gasteiger partial charge on any atom is 0.254 e. The molecule has 4 rings (SSSR count). The summed E-state index contributed by atoms with van der Waals surface area (Å²) in [5.74, 6) is 0.00802. The first-order chi connectivity index (χ1) is 15.4. The van der Waals surface area contributed by atoms with E-state index in [0.717, 1.165) is 23.5 Å². The Kier molecular flexibility index (Phi) is 6.21. The molecule has 0 radical (unpaired) electrons. The van der Waals surface area contributed by atoms with E-state index in [1.165, 1.54) is 12.1 Å².